The maximum absolute atomic E-state index is 13.9. The van der Waals surface area contributed by atoms with E-state index in [4.69, 9.17) is 10.5 Å². The maximum Gasteiger partial charge on any atom is 0.165 e. The van der Waals surface area contributed by atoms with Crippen molar-refractivity contribution in [3.05, 3.63) is 47.7 Å². The number of nitrogen functional groups attached to an aromatic ring is 1. The van der Waals surface area contributed by atoms with Gasteiger partial charge in [-0.25, -0.2) is 14.4 Å². The number of likely N-dealkylation sites (tertiary alicyclic amines) is 1. The molecule has 146 valence electrons. The SMILES string of the molecule is COc1ccc(CN2CCC[C@H](N(C)Cc3nccc(N)n3)CC2)cc1F. The Morgan fingerprint density at radius 3 is 2.89 bits per heavy atom. The molecule has 1 aliphatic heterocycles. The first-order valence-electron chi connectivity index (χ1n) is 9.37. The number of methoxy groups -OCH3 is 1. The molecule has 0 bridgehead atoms. The predicted octanol–water partition coefficient (Wildman–Crippen LogP) is 2.69. The lowest BCUT2D eigenvalue weighted by atomic mass is 10.1. The molecule has 1 fully saturated rings. The molecule has 1 aromatic heterocycles. The highest BCUT2D eigenvalue weighted by Crippen LogP contribution is 2.21. The van der Waals surface area contributed by atoms with Crippen molar-refractivity contribution >= 4 is 5.82 Å². The average Bonchev–Trinajstić information content (AvgIpc) is 2.87. The van der Waals surface area contributed by atoms with E-state index in [1.807, 2.05) is 6.07 Å². The summed E-state index contributed by atoms with van der Waals surface area (Å²) in [4.78, 5) is 13.3. The molecule has 2 N–H and O–H groups in total. The second-order valence-electron chi connectivity index (χ2n) is 7.14. The quantitative estimate of drug-likeness (QED) is 0.840. The van der Waals surface area contributed by atoms with Crippen LogP contribution >= 0.6 is 0 Å². The molecule has 1 aromatic carbocycles. The van der Waals surface area contributed by atoms with Crippen molar-refractivity contribution in [3.8, 4) is 5.75 Å². The van der Waals surface area contributed by atoms with Crippen molar-refractivity contribution in [2.45, 2.75) is 38.4 Å². The standard InChI is InChI=1S/C20H28FN5O/c1-25(14-20-23-9-7-19(22)24-20)16-4-3-10-26(11-8-16)13-15-5-6-18(27-2)17(21)12-15/h5-7,9,12,16H,3-4,8,10-11,13-14H2,1-2H3,(H2,22,23,24)/t16-/m0/s1. The normalized spacial score (nSPS) is 18.4. The van der Waals surface area contributed by atoms with E-state index in [-0.39, 0.29) is 5.82 Å². The van der Waals surface area contributed by atoms with Crippen LogP contribution in [0.5, 0.6) is 5.75 Å². The summed E-state index contributed by atoms with van der Waals surface area (Å²) in [5.74, 6) is 1.25. The van der Waals surface area contributed by atoms with Gasteiger partial charge in [0, 0.05) is 18.8 Å². The number of anilines is 1. The molecule has 0 unspecified atom stereocenters. The fourth-order valence-corrected chi connectivity index (χ4v) is 3.65. The second kappa shape index (κ2) is 9.10. The van der Waals surface area contributed by atoms with Gasteiger partial charge in [0.15, 0.2) is 11.6 Å². The molecule has 2 heterocycles. The summed E-state index contributed by atoms with van der Waals surface area (Å²) in [6, 6.07) is 7.39. The van der Waals surface area contributed by atoms with Crippen LogP contribution < -0.4 is 10.5 Å². The van der Waals surface area contributed by atoms with Crippen LogP contribution in [0, 0.1) is 5.82 Å². The molecule has 7 heteroatoms. The molecular weight excluding hydrogens is 345 g/mol. The first-order chi connectivity index (χ1) is 13.0. The van der Waals surface area contributed by atoms with E-state index in [1.165, 1.54) is 7.11 Å². The van der Waals surface area contributed by atoms with Gasteiger partial charge in [0.2, 0.25) is 0 Å². The number of nitrogens with two attached hydrogens (primary N) is 1. The highest BCUT2D eigenvalue weighted by molar-refractivity contribution is 5.29. The third-order valence-electron chi connectivity index (χ3n) is 5.15. The average molecular weight is 373 g/mol. The lowest BCUT2D eigenvalue weighted by molar-refractivity contribution is 0.202. The minimum Gasteiger partial charge on any atom is -0.494 e. The molecule has 0 saturated carbocycles. The van der Waals surface area contributed by atoms with E-state index in [9.17, 15) is 4.39 Å². The Balaban J connectivity index is 1.54. The summed E-state index contributed by atoms with van der Waals surface area (Å²) < 4.78 is 18.9. The van der Waals surface area contributed by atoms with Crippen molar-refractivity contribution in [2.24, 2.45) is 0 Å². The molecule has 3 rings (SSSR count). The number of rotatable bonds is 6. The van der Waals surface area contributed by atoms with E-state index < -0.39 is 0 Å². The summed E-state index contributed by atoms with van der Waals surface area (Å²) in [5, 5.41) is 0. The van der Waals surface area contributed by atoms with Crippen LogP contribution in [0.3, 0.4) is 0 Å². The van der Waals surface area contributed by atoms with E-state index in [2.05, 4.69) is 26.8 Å². The van der Waals surface area contributed by atoms with Crippen LogP contribution in [0.1, 0.15) is 30.7 Å². The van der Waals surface area contributed by atoms with Crippen LogP contribution in [-0.2, 0) is 13.1 Å². The summed E-state index contributed by atoms with van der Waals surface area (Å²) in [7, 11) is 3.60. The predicted molar refractivity (Wildman–Crippen MR) is 104 cm³/mol. The van der Waals surface area contributed by atoms with E-state index >= 15 is 0 Å². The highest BCUT2D eigenvalue weighted by atomic mass is 19.1. The zero-order chi connectivity index (χ0) is 19.2. The highest BCUT2D eigenvalue weighted by Gasteiger charge is 2.21. The molecule has 1 atom stereocenters. The van der Waals surface area contributed by atoms with Gasteiger partial charge in [0.25, 0.3) is 0 Å². The van der Waals surface area contributed by atoms with Crippen LogP contribution in [0.25, 0.3) is 0 Å². The molecule has 1 saturated heterocycles. The number of hydrogen-bond acceptors (Lipinski definition) is 6. The first-order valence-corrected chi connectivity index (χ1v) is 9.37. The monoisotopic (exact) mass is 373 g/mol. The van der Waals surface area contributed by atoms with Gasteiger partial charge >= 0.3 is 0 Å². The van der Waals surface area contributed by atoms with Crippen LogP contribution in [0.4, 0.5) is 10.2 Å². The zero-order valence-electron chi connectivity index (χ0n) is 16.1. The molecule has 2 aromatic rings. The van der Waals surface area contributed by atoms with Crippen molar-refractivity contribution < 1.29 is 9.13 Å². The number of hydrogen-bond donors (Lipinski definition) is 1. The number of halogens is 1. The van der Waals surface area contributed by atoms with Crippen molar-refractivity contribution in [1.82, 2.24) is 19.8 Å². The van der Waals surface area contributed by atoms with Gasteiger partial charge < -0.3 is 10.5 Å². The summed E-state index contributed by atoms with van der Waals surface area (Å²) >= 11 is 0. The summed E-state index contributed by atoms with van der Waals surface area (Å²) in [6.07, 6.45) is 5.02. The third-order valence-corrected chi connectivity index (χ3v) is 5.15. The van der Waals surface area contributed by atoms with Crippen LogP contribution in [0.2, 0.25) is 0 Å². The molecule has 0 aliphatic carbocycles. The largest absolute Gasteiger partial charge is 0.494 e. The molecule has 0 amide bonds. The van der Waals surface area contributed by atoms with Crippen molar-refractivity contribution in [1.29, 1.82) is 0 Å². The van der Waals surface area contributed by atoms with Gasteiger partial charge in [-0.2, -0.15) is 0 Å². The smallest absolute Gasteiger partial charge is 0.165 e. The first kappa shape index (κ1) is 19.5. The van der Waals surface area contributed by atoms with E-state index in [0.29, 0.717) is 24.2 Å². The zero-order valence-corrected chi connectivity index (χ0v) is 16.1. The molecule has 1 aliphatic rings. The Morgan fingerprint density at radius 1 is 1.30 bits per heavy atom. The van der Waals surface area contributed by atoms with Crippen LogP contribution in [0.15, 0.2) is 30.5 Å². The van der Waals surface area contributed by atoms with Gasteiger partial charge in [-0.15, -0.1) is 0 Å². The van der Waals surface area contributed by atoms with Gasteiger partial charge in [-0.1, -0.05) is 6.07 Å². The van der Waals surface area contributed by atoms with Gasteiger partial charge in [0.05, 0.1) is 13.7 Å². The summed E-state index contributed by atoms with van der Waals surface area (Å²) in [6.45, 7) is 3.46. The lowest BCUT2D eigenvalue weighted by Crippen LogP contribution is -2.33. The number of benzene rings is 1. The van der Waals surface area contributed by atoms with Gasteiger partial charge in [-0.05, 0) is 63.2 Å². The second-order valence-corrected chi connectivity index (χ2v) is 7.14. The molecule has 0 spiro atoms. The maximum atomic E-state index is 13.9. The van der Waals surface area contributed by atoms with E-state index in [1.54, 1.807) is 24.4 Å². The molecule has 6 nitrogen and oxygen atoms in total. The number of aromatic nitrogens is 2. The van der Waals surface area contributed by atoms with Gasteiger partial charge in [-0.3, -0.25) is 9.80 Å². The Kier molecular flexibility index (Phi) is 6.58. The Bertz CT molecular complexity index is 757. The van der Waals surface area contributed by atoms with Crippen LogP contribution in [-0.4, -0.2) is 53.1 Å². The Labute approximate surface area is 160 Å². The van der Waals surface area contributed by atoms with Gasteiger partial charge in [0.1, 0.15) is 11.6 Å². The third kappa shape index (κ3) is 5.37. The number of ether oxygens (including phenoxy) is 1. The topological polar surface area (TPSA) is 67.5 Å². The minimum absolute atomic E-state index is 0.292. The van der Waals surface area contributed by atoms with E-state index in [0.717, 1.165) is 50.3 Å². The van der Waals surface area contributed by atoms with Crippen molar-refractivity contribution in [2.75, 3.05) is 33.0 Å². The Hall–Kier alpha value is -2.25. The lowest BCUT2D eigenvalue weighted by Gasteiger charge is -2.26. The molecule has 27 heavy (non-hydrogen) atoms. The molecule has 0 radical (unpaired) electrons. The molecular formula is C20H28FN5O. The minimum atomic E-state index is -0.301. The Morgan fingerprint density at radius 2 is 2.15 bits per heavy atom. The fraction of sp³-hybridized carbons (Fsp3) is 0.500. The van der Waals surface area contributed by atoms with Crippen molar-refractivity contribution in [3.63, 3.8) is 0 Å². The fourth-order valence-electron chi connectivity index (χ4n) is 3.65. The number of nitrogens with zero attached hydrogens (tertiary/aromatic N) is 4. The summed E-state index contributed by atoms with van der Waals surface area (Å²) in [5.41, 5.74) is 6.73.